The summed E-state index contributed by atoms with van der Waals surface area (Å²) in [6.07, 6.45) is 4.37. The fourth-order valence-electron chi connectivity index (χ4n) is 1.78. The van der Waals surface area contributed by atoms with E-state index in [4.69, 9.17) is 5.73 Å². The normalized spacial score (nSPS) is 31.1. The Morgan fingerprint density at radius 3 is 2.62 bits per heavy atom. The molecule has 0 spiro atoms. The molecule has 0 radical (unpaired) electrons. The molecule has 0 aliphatic heterocycles. The average Bonchev–Trinajstić information content (AvgIpc) is 2.47. The van der Waals surface area contributed by atoms with E-state index < -0.39 is 10.8 Å². The first-order valence-electron chi connectivity index (χ1n) is 5.24. The second kappa shape index (κ2) is 5.11. The van der Waals surface area contributed by atoms with Gasteiger partial charge in [-0.05, 0) is 25.2 Å². The van der Waals surface area contributed by atoms with Gasteiger partial charge in [0.15, 0.2) is 0 Å². The Hall–Kier alpha value is 0.110. The Balaban J connectivity index is 2.30. The maximum Gasteiger partial charge on any atom is 0.0499 e. The first-order valence-corrected chi connectivity index (χ1v) is 6.62. The topological polar surface area (TPSA) is 43.1 Å². The van der Waals surface area contributed by atoms with Crippen molar-refractivity contribution < 1.29 is 4.21 Å². The van der Waals surface area contributed by atoms with Gasteiger partial charge in [0.05, 0.1) is 0 Å². The molecule has 0 aromatic carbocycles. The molecule has 1 saturated carbocycles. The Morgan fingerprint density at radius 1 is 1.46 bits per heavy atom. The maximum absolute atomic E-state index is 11.8. The predicted octanol–water partition coefficient (Wildman–Crippen LogP) is 1.66. The predicted molar refractivity (Wildman–Crippen MR) is 58.1 cm³/mol. The van der Waals surface area contributed by atoms with Crippen molar-refractivity contribution >= 4 is 10.8 Å². The molecule has 1 fully saturated rings. The molecule has 2 N–H and O–H groups in total. The third-order valence-corrected chi connectivity index (χ3v) is 4.64. The molecule has 1 aliphatic rings. The summed E-state index contributed by atoms with van der Waals surface area (Å²) in [5, 5.41) is 0.291. The lowest BCUT2D eigenvalue weighted by atomic mass is 10.2. The highest BCUT2D eigenvalue weighted by Crippen LogP contribution is 2.23. The minimum atomic E-state index is -0.671. The van der Waals surface area contributed by atoms with Crippen molar-refractivity contribution in [2.45, 2.75) is 50.8 Å². The van der Waals surface area contributed by atoms with Gasteiger partial charge < -0.3 is 5.73 Å². The highest BCUT2D eigenvalue weighted by molar-refractivity contribution is 7.85. The van der Waals surface area contributed by atoms with Gasteiger partial charge in [-0.15, -0.1) is 0 Å². The fourth-order valence-corrected chi connectivity index (χ4v) is 3.75. The van der Waals surface area contributed by atoms with E-state index in [1.54, 1.807) is 0 Å². The zero-order valence-electron chi connectivity index (χ0n) is 8.66. The standard InChI is InChI=1S/C10H21NOS/c1-8(2)6-7-13(12)10-5-3-4-9(10)11/h8-10H,3-7,11H2,1-2H3. The third-order valence-electron chi connectivity index (χ3n) is 2.74. The molecule has 3 unspecified atom stereocenters. The van der Waals surface area contributed by atoms with Crippen LogP contribution >= 0.6 is 0 Å². The quantitative estimate of drug-likeness (QED) is 0.755. The summed E-state index contributed by atoms with van der Waals surface area (Å²) in [6, 6.07) is 0.202. The largest absolute Gasteiger partial charge is 0.327 e. The van der Waals surface area contributed by atoms with E-state index in [1.165, 1.54) is 6.42 Å². The van der Waals surface area contributed by atoms with Crippen LogP contribution in [0, 0.1) is 5.92 Å². The van der Waals surface area contributed by atoms with Crippen LogP contribution in [0.2, 0.25) is 0 Å². The van der Waals surface area contributed by atoms with Crippen molar-refractivity contribution in [2.75, 3.05) is 5.75 Å². The smallest absolute Gasteiger partial charge is 0.0499 e. The molecule has 0 saturated heterocycles. The van der Waals surface area contributed by atoms with E-state index in [1.807, 2.05) is 0 Å². The molecular formula is C10H21NOS. The third kappa shape index (κ3) is 3.39. The van der Waals surface area contributed by atoms with Gasteiger partial charge in [0.25, 0.3) is 0 Å². The van der Waals surface area contributed by atoms with Crippen LogP contribution in [0.3, 0.4) is 0 Å². The van der Waals surface area contributed by atoms with Crippen LogP contribution in [-0.2, 0) is 10.8 Å². The lowest BCUT2D eigenvalue weighted by Crippen LogP contribution is -2.33. The molecule has 0 aromatic heterocycles. The molecule has 0 bridgehead atoms. The molecule has 13 heavy (non-hydrogen) atoms. The summed E-state index contributed by atoms with van der Waals surface area (Å²) in [5.74, 6) is 1.50. The van der Waals surface area contributed by atoms with E-state index >= 15 is 0 Å². The molecular weight excluding hydrogens is 182 g/mol. The van der Waals surface area contributed by atoms with Crippen molar-refractivity contribution in [1.82, 2.24) is 0 Å². The monoisotopic (exact) mass is 203 g/mol. The van der Waals surface area contributed by atoms with Gasteiger partial charge in [0, 0.05) is 27.8 Å². The van der Waals surface area contributed by atoms with Crippen LogP contribution in [0.5, 0.6) is 0 Å². The summed E-state index contributed by atoms with van der Waals surface area (Å²) in [6.45, 7) is 4.34. The van der Waals surface area contributed by atoms with E-state index in [9.17, 15) is 4.21 Å². The highest BCUT2D eigenvalue weighted by atomic mass is 32.2. The average molecular weight is 203 g/mol. The minimum Gasteiger partial charge on any atom is -0.327 e. The number of nitrogens with two attached hydrogens (primary N) is 1. The van der Waals surface area contributed by atoms with Crippen molar-refractivity contribution in [2.24, 2.45) is 11.7 Å². The van der Waals surface area contributed by atoms with Crippen molar-refractivity contribution in [3.63, 3.8) is 0 Å². The van der Waals surface area contributed by atoms with Crippen LogP contribution in [0.15, 0.2) is 0 Å². The number of hydrogen-bond acceptors (Lipinski definition) is 2. The van der Waals surface area contributed by atoms with Crippen LogP contribution in [-0.4, -0.2) is 21.3 Å². The van der Waals surface area contributed by atoms with Gasteiger partial charge in [0.2, 0.25) is 0 Å². The molecule has 0 heterocycles. The van der Waals surface area contributed by atoms with Gasteiger partial charge in [-0.25, -0.2) is 0 Å². The number of hydrogen-bond donors (Lipinski definition) is 1. The van der Waals surface area contributed by atoms with Crippen LogP contribution in [0.25, 0.3) is 0 Å². The molecule has 1 rings (SSSR count). The highest BCUT2D eigenvalue weighted by Gasteiger charge is 2.28. The Morgan fingerprint density at radius 2 is 2.15 bits per heavy atom. The van der Waals surface area contributed by atoms with Gasteiger partial charge in [0.1, 0.15) is 0 Å². The summed E-state index contributed by atoms with van der Waals surface area (Å²) >= 11 is 0. The lowest BCUT2D eigenvalue weighted by molar-refractivity contribution is 0.608. The van der Waals surface area contributed by atoms with E-state index in [0.29, 0.717) is 11.2 Å². The van der Waals surface area contributed by atoms with Crippen LogP contribution in [0.4, 0.5) is 0 Å². The molecule has 3 atom stereocenters. The zero-order chi connectivity index (χ0) is 9.84. The van der Waals surface area contributed by atoms with Crippen molar-refractivity contribution in [3.05, 3.63) is 0 Å². The van der Waals surface area contributed by atoms with Crippen LogP contribution < -0.4 is 5.73 Å². The molecule has 1 aliphatic carbocycles. The van der Waals surface area contributed by atoms with Gasteiger partial charge in [-0.3, -0.25) is 4.21 Å². The molecule has 3 heteroatoms. The maximum atomic E-state index is 11.8. The van der Waals surface area contributed by atoms with Crippen molar-refractivity contribution in [3.8, 4) is 0 Å². The summed E-state index contributed by atoms with van der Waals surface area (Å²) in [4.78, 5) is 0. The first kappa shape index (κ1) is 11.2. The molecule has 78 valence electrons. The zero-order valence-corrected chi connectivity index (χ0v) is 9.48. The van der Waals surface area contributed by atoms with Gasteiger partial charge >= 0.3 is 0 Å². The Kier molecular flexibility index (Phi) is 4.39. The van der Waals surface area contributed by atoms with Crippen molar-refractivity contribution in [1.29, 1.82) is 0 Å². The van der Waals surface area contributed by atoms with E-state index in [0.717, 1.165) is 25.0 Å². The molecule has 2 nitrogen and oxygen atoms in total. The Bertz CT molecular complexity index is 182. The van der Waals surface area contributed by atoms with E-state index in [-0.39, 0.29) is 6.04 Å². The lowest BCUT2D eigenvalue weighted by Gasteiger charge is -2.15. The first-order chi connectivity index (χ1) is 6.11. The summed E-state index contributed by atoms with van der Waals surface area (Å²) in [5.41, 5.74) is 5.89. The second-order valence-corrected chi connectivity index (χ2v) is 6.18. The number of rotatable bonds is 4. The van der Waals surface area contributed by atoms with E-state index in [2.05, 4.69) is 13.8 Å². The second-order valence-electron chi connectivity index (χ2n) is 4.40. The van der Waals surface area contributed by atoms with Gasteiger partial charge in [-0.2, -0.15) is 0 Å². The Labute approximate surface area is 83.7 Å². The summed E-state index contributed by atoms with van der Waals surface area (Å²) < 4.78 is 11.8. The SMILES string of the molecule is CC(C)CCS(=O)C1CCCC1N. The molecule has 0 amide bonds. The molecule has 0 aromatic rings. The van der Waals surface area contributed by atoms with Crippen LogP contribution in [0.1, 0.15) is 39.5 Å². The minimum absolute atomic E-state index is 0.202. The summed E-state index contributed by atoms with van der Waals surface area (Å²) in [7, 11) is -0.671. The van der Waals surface area contributed by atoms with Gasteiger partial charge in [-0.1, -0.05) is 20.3 Å². The fraction of sp³-hybridized carbons (Fsp3) is 1.00.